The molecule has 106 valence electrons. The summed E-state index contributed by atoms with van der Waals surface area (Å²) in [6.07, 6.45) is 0. The molecule has 0 aliphatic carbocycles. The zero-order chi connectivity index (χ0) is 14.9. The summed E-state index contributed by atoms with van der Waals surface area (Å²) in [6.45, 7) is 3.81. The van der Waals surface area contributed by atoms with Crippen LogP contribution >= 0.6 is 0 Å². The van der Waals surface area contributed by atoms with Crippen molar-refractivity contribution in [2.24, 2.45) is 0 Å². The van der Waals surface area contributed by atoms with Gasteiger partial charge in [0.1, 0.15) is 5.82 Å². The third kappa shape index (κ3) is 2.67. The summed E-state index contributed by atoms with van der Waals surface area (Å²) >= 11 is 0. The fourth-order valence-corrected chi connectivity index (χ4v) is 3.31. The Labute approximate surface area is 118 Å². The SMILES string of the molecule is Cc1ccc(N(C)S(=O)(=O)c2ccc(F)cc2)c(C)c1. The minimum atomic E-state index is -3.68. The van der Waals surface area contributed by atoms with Crippen LogP contribution in [0.4, 0.5) is 10.1 Å². The van der Waals surface area contributed by atoms with Gasteiger partial charge in [0.25, 0.3) is 10.0 Å². The van der Waals surface area contributed by atoms with Crippen molar-refractivity contribution in [3.05, 3.63) is 59.4 Å². The molecule has 0 atom stereocenters. The molecule has 2 aromatic rings. The second-order valence-corrected chi connectivity index (χ2v) is 6.69. The van der Waals surface area contributed by atoms with Gasteiger partial charge in [-0.3, -0.25) is 4.31 Å². The van der Waals surface area contributed by atoms with Gasteiger partial charge in [-0.05, 0) is 49.7 Å². The molecule has 5 heteroatoms. The molecule has 0 spiro atoms. The van der Waals surface area contributed by atoms with Gasteiger partial charge >= 0.3 is 0 Å². The molecule has 0 saturated heterocycles. The van der Waals surface area contributed by atoms with Crippen LogP contribution in [-0.2, 0) is 10.0 Å². The van der Waals surface area contributed by atoms with Crippen LogP contribution in [0.5, 0.6) is 0 Å². The maximum absolute atomic E-state index is 12.9. The van der Waals surface area contributed by atoms with Crippen LogP contribution in [0.1, 0.15) is 11.1 Å². The van der Waals surface area contributed by atoms with E-state index in [4.69, 9.17) is 0 Å². The largest absolute Gasteiger partial charge is 0.269 e. The Kier molecular flexibility index (Phi) is 3.81. The Bertz CT molecular complexity index is 724. The Balaban J connectivity index is 2.45. The number of nitrogens with zero attached hydrogens (tertiary/aromatic N) is 1. The van der Waals surface area contributed by atoms with Gasteiger partial charge in [0.15, 0.2) is 0 Å². The minimum absolute atomic E-state index is 0.0707. The highest BCUT2D eigenvalue weighted by molar-refractivity contribution is 7.92. The molecule has 0 unspecified atom stereocenters. The van der Waals surface area contributed by atoms with Crippen molar-refractivity contribution in [3.63, 3.8) is 0 Å². The fraction of sp³-hybridized carbons (Fsp3) is 0.200. The zero-order valence-electron chi connectivity index (χ0n) is 11.6. The van der Waals surface area contributed by atoms with Crippen LogP contribution in [0.25, 0.3) is 0 Å². The molecule has 20 heavy (non-hydrogen) atoms. The monoisotopic (exact) mass is 293 g/mol. The molecule has 2 aromatic carbocycles. The highest BCUT2D eigenvalue weighted by Crippen LogP contribution is 2.26. The van der Waals surface area contributed by atoms with E-state index in [0.717, 1.165) is 23.3 Å². The second kappa shape index (κ2) is 5.25. The lowest BCUT2D eigenvalue weighted by Crippen LogP contribution is -2.27. The molecule has 0 fully saturated rings. The summed E-state index contributed by atoms with van der Waals surface area (Å²) in [5.41, 5.74) is 2.55. The molecule has 0 radical (unpaired) electrons. The normalized spacial score (nSPS) is 11.4. The summed E-state index contributed by atoms with van der Waals surface area (Å²) in [5.74, 6) is -0.460. The maximum Gasteiger partial charge on any atom is 0.264 e. The van der Waals surface area contributed by atoms with Crippen molar-refractivity contribution in [1.29, 1.82) is 0 Å². The van der Waals surface area contributed by atoms with Crippen molar-refractivity contribution in [2.75, 3.05) is 11.4 Å². The Morgan fingerprint density at radius 2 is 1.60 bits per heavy atom. The zero-order valence-corrected chi connectivity index (χ0v) is 12.4. The van der Waals surface area contributed by atoms with Crippen LogP contribution in [-0.4, -0.2) is 15.5 Å². The average Bonchev–Trinajstić information content (AvgIpc) is 2.38. The third-order valence-corrected chi connectivity index (χ3v) is 4.95. The smallest absolute Gasteiger partial charge is 0.264 e. The van der Waals surface area contributed by atoms with Crippen molar-refractivity contribution in [2.45, 2.75) is 18.7 Å². The Morgan fingerprint density at radius 3 is 2.15 bits per heavy atom. The number of rotatable bonds is 3. The number of hydrogen-bond donors (Lipinski definition) is 0. The van der Waals surface area contributed by atoms with Crippen LogP contribution < -0.4 is 4.31 Å². The van der Waals surface area contributed by atoms with E-state index < -0.39 is 15.8 Å². The van der Waals surface area contributed by atoms with Gasteiger partial charge in [0.2, 0.25) is 0 Å². The van der Waals surface area contributed by atoms with Gasteiger partial charge in [-0.1, -0.05) is 17.7 Å². The van der Waals surface area contributed by atoms with Crippen molar-refractivity contribution in [1.82, 2.24) is 0 Å². The summed E-state index contributed by atoms with van der Waals surface area (Å²) in [7, 11) is -2.18. The predicted molar refractivity (Wildman–Crippen MR) is 77.9 cm³/mol. The van der Waals surface area contributed by atoms with Crippen LogP contribution in [0.15, 0.2) is 47.4 Å². The topological polar surface area (TPSA) is 37.4 Å². The van der Waals surface area contributed by atoms with Gasteiger partial charge in [-0.15, -0.1) is 0 Å². The fourth-order valence-electron chi connectivity index (χ4n) is 2.05. The molecule has 0 N–H and O–H groups in total. The first kappa shape index (κ1) is 14.5. The third-order valence-electron chi connectivity index (χ3n) is 3.16. The quantitative estimate of drug-likeness (QED) is 0.871. The van der Waals surface area contributed by atoms with Gasteiger partial charge in [0, 0.05) is 7.05 Å². The van der Waals surface area contributed by atoms with E-state index in [0.29, 0.717) is 5.69 Å². The molecular weight excluding hydrogens is 277 g/mol. The summed E-state index contributed by atoms with van der Waals surface area (Å²) in [4.78, 5) is 0.0707. The van der Waals surface area contributed by atoms with E-state index in [1.54, 1.807) is 6.07 Å². The number of anilines is 1. The standard InChI is InChI=1S/C15H16FNO2S/c1-11-4-9-15(12(2)10-11)17(3)20(18,19)14-7-5-13(16)6-8-14/h4-10H,1-3H3. The average molecular weight is 293 g/mol. The van der Waals surface area contributed by atoms with Crippen LogP contribution in [0.3, 0.4) is 0 Å². The number of hydrogen-bond acceptors (Lipinski definition) is 2. The molecule has 0 aliphatic heterocycles. The number of benzene rings is 2. The van der Waals surface area contributed by atoms with E-state index in [1.165, 1.54) is 23.5 Å². The van der Waals surface area contributed by atoms with E-state index in [9.17, 15) is 12.8 Å². The van der Waals surface area contributed by atoms with E-state index in [-0.39, 0.29) is 4.90 Å². The predicted octanol–water partition coefficient (Wildman–Crippen LogP) is 3.27. The van der Waals surface area contributed by atoms with Crippen molar-refractivity contribution in [3.8, 4) is 0 Å². The molecule has 2 rings (SSSR count). The first-order valence-electron chi connectivity index (χ1n) is 6.14. The van der Waals surface area contributed by atoms with Gasteiger partial charge in [-0.25, -0.2) is 12.8 Å². The van der Waals surface area contributed by atoms with Gasteiger partial charge in [-0.2, -0.15) is 0 Å². The molecule has 0 aliphatic rings. The van der Waals surface area contributed by atoms with Crippen molar-refractivity contribution < 1.29 is 12.8 Å². The van der Waals surface area contributed by atoms with Crippen LogP contribution in [0, 0.1) is 19.7 Å². The number of aryl methyl sites for hydroxylation is 2. The molecular formula is C15H16FNO2S. The summed E-state index contributed by atoms with van der Waals surface area (Å²) in [5, 5.41) is 0. The number of halogens is 1. The van der Waals surface area contributed by atoms with E-state index in [1.807, 2.05) is 26.0 Å². The lowest BCUT2D eigenvalue weighted by Gasteiger charge is -2.21. The number of sulfonamides is 1. The highest BCUT2D eigenvalue weighted by Gasteiger charge is 2.22. The molecule has 0 bridgehead atoms. The summed E-state index contributed by atoms with van der Waals surface area (Å²) in [6, 6.07) is 10.4. The maximum atomic E-state index is 12.9. The van der Waals surface area contributed by atoms with E-state index in [2.05, 4.69) is 0 Å². The van der Waals surface area contributed by atoms with Gasteiger partial charge < -0.3 is 0 Å². The first-order chi connectivity index (χ1) is 9.32. The first-order valence-corrected chi connectivity index (χ1v) is 7.58. The molecule has 0 aromatic heterocycles. The molecule has 3 nitrogen and oxygen atoms in total. The van der Waals surface area contributed by atoms with Crippen LogP contribution in [0.2, 0.25) is 0 Å². The van der Waals surface area contributed by atoms with Crippen molar-refractivity contribution >= 4 is 15.7 Å². The van der Waals surface area contributed by atoms with E-state index >= 15 is 0 Å². The highest BCUT2D eigenvalue weighted by atomic mass is 32.2. The molecule has 0 heterocycles. The molecule has 0 amide bonds. The minimum Gasteiger partial charge on any atom is -0.269 e. The molecule has 0 saturated carbocycles. The summed E-state index contributed by atoms with van der Waals surface area (Å²) < 4.78 is 39.1. The Hall–Kier alpha value is -1.88. The second-order valence-electron chi connectivity index (χ2n) is 4.72. The lowest BCUT2D eigenvalue weighted by atomic mass is 10.1. The van der Waals surface area contributed by atoms with Gasteiger partial charge in [0.05, 0.1) is 10.6 Å². The lowest BCUT2D eigenvalue weighted by molar-refractivity contribution is 0.593. The Morgan fingerprint density at radius 1 is 1.00 bits per heavy atom.